The van der Waals surface area contributed by atoms with Crippen LogP contribution in [0.1, 0.15) is 54.9 Å². The van der Waals surface area contributed by atoms with Crippen molar-refractivity contribution in [1.29, 1.82) is 0 Å². The molecule has 2 amide bonds. The summed E-state index contributed by atoms with van der Waals surface area (Å²) >= 11 is 0. The van der Waals surface area contributed by atoms with Crippen LogP contribution in [0.4, 0.5) is 0 Å². The Hall–Kier alpha value is -1.84. The van der Waals surface area contributed by atoms with E-state index in [9.17, 15) is 9.59 Å². The number of nitrogens with zero attached hydrogens (tertiary/aromatic N) is 2. The second kappa shape index (κ2) is 14.2. The van der Waals surface area contributed by atoms with Crippen LogP contribution in [-0.2, 0) is 11.3 Å². The molecule has 7 nitrogen and oxygen atoms in total. The van der Waals surface area contributed by atoms with Crippen molar-refractivity contribution in [3.05, 3.63) is 35.4 Å². The average Bonchev–Trinajstić information content (AvgIpc) is 2.75. The fraction of sp³-hybridized carbons (Fsp3) is 0.591. The van der Waals surface area contributed by atoms with E-state index in [2.05, 4.69) is 20.9 Å². The fourth-order valence-corrected chi connectivity index (χ4v) is 3.40. The van der Waals surface area contributed by atoms with Gasteiger partial charge in [-0.3, -0.25) is 9.59 Å². The van der Waals surface area contributed by atoms with Crippen molar-refractivity contribution in [1.82, 2.24) is 20.9 Å². The molecule has 30 heavy (non-hydrogen) atoms. The Morgan fingerprint density at radius 2 is 1.63 bits per heavy atom. The molecule has 0 atom stereocenters. The molecule has 1 saturated carbocycles. The molecule has 0 heterocycles. The zero-order valence-corrected chi connectivity index (χ0v) is 20.7. The summed E-state index contributed by atoms with van der Waals surface area (Å²) < 4.78 is 0. The summed E-state index contributed by atoms with van der Waals surface area (Å²) in [6.45, 7) is 4.50. The Balaban J connectivity index is 0.00000450. The molecule has 0 saturated heterocycles. The predicted molar refractivity (Wildman–Crippen MR) is 132 cm³/mol. The van der Waals surface area contributed by atoms with Crippen LogP contribution in [-0.4, -0.2) is 56.4 Å². The molecule has 8 heteroatoms. The number of rotatable bonds is 8. The first-order chi connectivity index (χ1) is 14.0. The smallest absolute Gasteiger partial charge is 0.253 e. The van der Waals surface area contributed by atoms with E-state index in [0.717, 1.165) is 37.8 Å². The molecule has 168 valence electrons. The molecule has 1 fully saturated rings. The monoisotopic (exact) mass is 529 g/mol. The molecular formula is C22H36IN5O2. The second-order valence-electron chi connectivity index (χ2n) is 7.64. The van der Waals surface area contributed by atoms with Gasteiger partial charge in [-0.15, -0.1) is 24.0 Å². The summed E-state index contributed by atoms with van der Waals surface area (Å²) in [5.74, 6) is 1.08. The van der Waals surface area contributed by atoms with E-state index < -0.39 is 0 Å². The van der Waals surface area contributed by atoms with E-state index in [-0.39, 0.29) is 41.7 Å². The van der Waals surface area contributed by atoms with Crippen LogP contribution < -0.4 is 16.0 Å². The van der Waals surface area contributed by atoms with Crippen molar-refractivity contribution in [3.8, 4) is 0 Å². The van der Waals surface area contributed by atoms with Gasteiger partial charge in [0.05, 0.1) is 6.54 Å². The zero-order valence-electron chi connectivity index (χ0n) is 18.4. The van der Waals surface area contributed by atoms with E-state index >= 15 is 0 Å². The van der Waals surface area contributed by atoms with Gasteiger partial charge in [-0.25, -0.2) is 4.99 Å². The topological polar surface area (TPSA) is 85.8 Å². The third kappa shape index (κ3) is 8.89. The number of carbonyl (C=O) groups excluding carboxylic acids is 2. The Morgan fingerprint density at radius 3 is 2.23 bits per heavy atom. The second-order valence-corrected chi connectivity index (χ2v) is 7.64. The first-order valence-electron chi connectivity index (χ1n) is 10.6. The lowest BCUT2D eigenvalue weighted by Gasteiger charge is -2.21. The quantitative estimate of drug-likeness (QED) is 0.209. The standard InChI is InChI=1S/C22H35N5O2.HI/c1-4-23-22(25-15-14-24-20(28)18-8-6-5-7-9-18)26-16-17-10-12-19(13-11-17)21(29)27(2)3;/h10-13,18H,4-9,14-16H2,1-3H3,(H,24,28)(H2,23,25,26);1H. The number of hydrogen-bond donors (Lipinski definition) is 3. The molecule has 1 aliphatic carbocycles. The summed E-state index contributed by atoms with van der Waals surface area (Å²) in [5, 5.41) is 9.50. The number of hydrogen-bond acceptors (Lipinski definition) is 3. The molecule has 3 N–H and O–H groups in total. The first-order valence-corrected chi connectivity index (χ1v) is 10.6. The van der Waals surface area contributed by atoms with E-state index in [0.29, 0.717) is 31.2 Å². The highest BCUT2D eigenvalue weighted by atomic mass is 127. The molecule has 0 spiro atoms. The summed E-state index contributed by atoms with van der Waals surface area (Å²) in [7, 11) is 3.49. The Labute approximate surface area is 197 Å². The lowest BCUT2D eigenvalue weighted by Crippen LogP contribution is -2.42. The third-order valence-electron chi connectivity index (χ3n) is 5.06. The normalized spacial score (nSPS) is 14.4. The molecule has 0 aromatic heterocycles. The zero-order chi connectivity index (χ0) is 21.1. The number of halogens is 1. The summed E-state index contributed by atoms with van der Waals surface area (Å²) in [6, 6.07) is 7.51. The number of carbonyl (C=O) groups is 2. The Kier molecular flexibility index (Phi) is 12.4. The van der Waals surface area contributed by atoms with Crippen molar-refractivity contribution in [2.45, 2.75) is 45.6 Å². The Morgan fingerprint density at radius 1 is 1.00 bits per heavy atom. The van der Waals surface area contributed by atoms with Gasteiger partial charge in [-0.2, -0.15) is 0 Å². The van der Waals surface area contributed by atoms with Gasteiger partial charge in [0.15, 0.2) is 5.96 Å². The van der Waals surface area contributed by atoms with E-state index in [1.807, 2.05) is 31.2 Å². The van der Waals surface area contributed by atoms with Gasteiger partial charge in [0.1, 0.15) is 0 Å². The molecule has 1 aliphatic rings. The molecule has 1 aromatic carbocycles. The first kappa shape index (κ1) is 26.2. The van der Waals surface area contributed by atoms with Gasteiger partial charge in [-0.05, 0) is 37.5 Å². The molecule has 2 rings (SSSR count). The number of guanidine groups is 1. The number of amides is 2. The molecule has 0 aliphatic heterocycles. The van der Waals surface area contributed by atoms with Crippen LogP contribution in [0.25, 0.3) is 0 Å². The minimum atomic E-state index is -0.00895. The van der Waals surface area contributed by atoms with Crippen molar-refractivity contribution < 1.29 is 9.59 Å². The minimum absolute atomic E-state index is 0. The van der Waals surface area contributed by atoms with Gasteiger partial charge in [0.2, 0.25) is 5.91 Å². The summed E-state index contributed by atoms with van der Waals surface area (Å²) in [5.41, 5.74) is 1.70. The minimum Gasteiger partial charge on any atom is -0.357 e. The largest absolute Gasteiger partial charge is 0.357 e. The lowest BCUT2D eigenvalue weighted by atomic mass is 9.89. The summed E-state index contributed by atoms with van der Waals surface area (Å²) in [4.78, 5) is 30.3. The van der Waals surface area contributed by atoms with Crippen LogP contribution in [0, 0.1) is 5.92 Å². The van der Waals surface area contributed by atoms with Crippen LogP contribution in [0.2, 0.25) is 0 Å². The van der Waals surface area contributed by atoms with Crippen molar-refractivity contribution in [2.75, 3.05) is 33.7 Å². The van der Waals surface area contributed by atoms with Gasteiger partial charge >= 0.3 is 0 Å². The predicted octanol–water partition coefficient (Wildman–Crippen LogP) is 2.76. The number of nitrogens with one attached hydrogen (secondary N) is 3. The van der Waals surface area contributed by atoms with Crippen LogP contribution in [0.3, 0.4) is 0 Å². The van der Waals surface area contributed by atoms with Crippen molar-refractivity contribution >= 4 is 41.8 Å². The fourth-order valence-electron chi connectivity index (χ4n) is 3.40. The maximum Gasteiger partial charge on any atom is 0.253 e. The SMILES string of the molecule is CCNC(=NCc1ccc(C(=O)N(C)C)cc1)NCCNC(=O)C1CCCCC1.I. The molecule has 0 bridgehead atoms. The maximum absolute atomic E-state index is 12.2. The molecule has 0 unspecified atom stereocenters. The maximum atomic E-state index is 12.2. The van der Waals surface area contributed by atoms with Crippen LogP contribution in [0.15, 0.2) is 29.3 Å². The summed E-state index contributed by atoms with van der Waals surface area (Å²) in [6.07, 6.45) is 5.61. The highest BCUT2D eigenvalue weighted by Crippen LogP contribution is 2.23. The van der Waals surface area contributed by atoms with Crippen molar-refractivity contribution in [3.63, 3.8) is 0 Å². The van der Waals surface area contributed by atoms with E-state index in [1.54, 1.807) is 19.0 Å². The van der Waals surface area contributed by atoms with E-state index in [4.69, 9.17) is 0 Å². The van der Waals surface area contributed by atoms with E-state index in [1.165, 1.54) is 6.42 Å². The van der Waals surface area contributed by atoms with Crippen LogP contribution in [0.5, 0.6) is 0 Å². The van der Waals surface area contributed by atoms with Gasteiger partial charge in [-0.1, -0.05) is 31.4 Å². The highest BCUT2D eigenvalue weighted by Gasteiger charge is 2.20. The molecular weight excluding hydrogens is 493 g/mol. The van der Waals surface area contributed by atoms with Gasteiger partial charge in [0, 0.05) is 45.2 Å². The third-order valence-corrected chi connectivity index (χ3v) is 5.06. The lowest BCUT2D eigenvalue weighted by molar-refractivity contribution is -0.125. The average molecular weight is 529 g/mol. The highest BCUT2D eigenvalue weighted by molar-refractivity contribution is 14.0. The molecule has 0 radical (unpaired) electrons. The van der Waals surface area contributed by atoms with Crippen LogP contribution >= 0.6 is 24.0 Å². The molecule has 1 aromatic rings. The van der Waals surface area contributed by atoms with Gasteiger partial charge in [0.25, 0.3) is 5.91 Å². The number of aliphatic imine (C=N–C) groups is 1. The van der Waals surface area contributed by atoms with Gasteiger partial charge < -0.3 is 20.9 Å². The Bertz CT molecular complexity index is 685. The van der Waals surface area contributed by atoms with Crippen molar-refractivity contribution in [2.24, 2.45) is 10.9 Å². The number of benzene rings is 1.